The van der Waals surface area contributed by atoms with Crippen LogP contribution in [0.5, 0.6) is 11.5 Å². The number of rotatable bonds is 6. The number of phenolic OH excluding ortho intramolecular Hbond substituents is 1. The fraction of sp³-hybridized carbons (Fsp3) is 0.0870. The van der Waals surface area contributed by atoms with Gasteiger partial charge in [0.05, 0.1) is 18.5 Å². The summed E-state index contributed by atoms with van der Waals surface area (Å²) >= 11 is 1.55. The van der Waals surface area contributed by atoms with Crippen molar-refractivity contribution < 1.29 is 9.84 Å². The lowest BCUT2D eigenvalue weighted by Gasteiger charge is -2.06. The first-order valence-corrected chi connectivity index (χ1v) is 9.92. The van der Waals surface area contributed by atoms with E-state index >= 15 is 0 Å². The molecular formula is C23H20N2O2S. The number of hydrogen-bond donors (Lipinski definition) is 2. The van der Waals surface area contributed by atoms with Gasteiger partial charge in [0.1, 0.15) is 11.5 Å². The Hall–Kier alpha value is -3.18. The maximum atomic E-state index is 10.1. The number of imidazole rings is 1. The van der Waals surface area contributed by atoms with Crippen LogP contribution in [0.1, 0.15) is 5.56 Å². The summed E-state index contributed by atoms with van der Waals surface area (Å²) in [6.45, 7) is 0. The van der Waals surface area contributed by atoms with E-state index in [-0.39, 0.29) is 5.75 Å². The molecule has 0 radical (unpaired) electrons. The van der Waals surface area contributed by atoms with Crippen LogP contribution in [-0.4, -0.2) is 22.2 Å². The van der Waals surface area contributed by atoms with Crippen molar-refractivity contribution >= 4 is 11.8 Å². The molecule has 0 unspecified atom stereocenters. The highest BCUT2D eigenvalue weighted by atomic mass is 32.2. The summed E-state index contributed by atoms with van der Waals surface area (Å²) in [4.78, 5) is 8.29. The molecule has 140 valence electrons. The Balaban J connectivity index is 1.66. The molecule has 0 fully saturated rings. The lowest BCUT2D eigenvalue weighted by atomic mass is 10.1. The van der Waals surface area contributed by atoms with Gasteiger partial charge in [-0.1, -0.05) is 72.4 Å². The molecule has 4 rings (SSSR count). The Bertz CT molecular complexity index is 1010. The van der Waals surface area contributed by atoms with Gasteiger partial charge in [-0.05, 0) is 18.2 Å². The maximum Gasteiger partial charge on any atom is 0.166 e. The number of nitrogens with zero attached hydrogens (tertiary/aromatic N) is 1. The van der Waals surface area contributed by atoms with E-state index in [0.717, 1.165) is 39.0 Å². The highest BCUT2D eigenvalue weighted by molar-refractivity contribution is 7.98. The Kier molecular flexibility index (Phi) is 5.35. The van der Waals surface area contributed by atoms with E-state index < -0.39 is 0 Å². The molecule has 3 aromatic carbocycles. The number of hydrogen-bond acceptors (Lipinski definition) is 4. The van der Waals surface area contributed by atoms with E-state index in [0.29, 0.717) is 5.75 Å². The number of ether oxygens (including phenoxy) is 1. The molecule has 0 aliphatic heterocycles. The van der Waals surface area contributed by atoms with Crippen LogP contribution in [0.2, 0.25) is 0 Å². The summed E-state index contributed by atoms with van der Waals surface area (Å²) in [5.74, 6) is 1.56. The lowest BCUT2D eigenvalue weighted by Crippen LogP contribution is -1.87. The minimum absolute atomic E-state index is 0.256. The van der Waals surface area contributed by atoms with E-state index in [9.17, 15) is 5.11 Å². The third-order valence-corrected chi connectivity index (χ3v) is 5.36. The van der Waals surface area contributed by atoms with Crippen molar-refractivity contribution in [1.82, 2.24) is 9.97 Å². The average Bonchev–Trinajstić information content (AvgIpc) is 3.19. The van der Waals surface area contributed by atoms with Crippen molar-refractivity contribution in [2.45, 2.75) is 10.9 Å². The zero-order chi connectivity index (χ0) is 19.3. The van der Waals surface area contributed by atoms with Crippen molar-refractivity contribution in [2.24, 2.45) is 0 Å². The smallest absolute Gasteiger partial charge is 0.166 e. The molecule has 0 aliphatic carbocycles. The van der Waals surface area contributed by atoms with Crippen LogP contribution >= 0.6 is 11.8 Å². The monoisotopic (exact) mass is 388 g/mol. The fourth-order valence-corrected chi connectivity index (χ4v) is 3.84. The van der Waals surface area contributed by atoms with Crippen molar-refractivity contribution in [2.75, 3.05) is 7.11 Å². The van der Waals surface area contributed by atoms with Gasteiger partial charge in [0.2, 0.25) is 0 Å². The summed E-state index contributed by atoms with van der Waals surface area (Å²) in [5.41, 5.74) is 4.87. The number of benzene rings is 3. The second kappa shape index (κ2) is 8.23. The maximum absolute atomic E-state index is 10.1. The number of aromatic nitrogens is 2. The number of aromatic hydroxyl groups is 1. The minimum atomic E-state index is 0.256. The van der Waals surface area contributed by atoms with Gasteiger partial charge in [0.15, 0.2) is 5.16 Å². The van der Waals surface area contributed by atoms with Gasteiger partial charge in [-0.2, -0.15) is 0 Å². The Labute approximate surface area is 168 Å². The molecule has 0 saturated carbocycles. The molecule has 28 heavy (non-hydrogen) atoms. The normalized spacial score (nSPS) is 10.8. The summed E-state index contributed by atoms with van der Waals surface area (Å²) in [6.07, 6.45) is 0. The van der Waals surface area contributed by atoms with Gasteiger partial charge < -0.3 is 14.8 Å². The minimum Gasteiger partial charge on any atom is -0.508 e. The number of phenols is 1. The molecule has 0 aliphatic rings. The van der Waals surface area contributed by atoms with Crippen LogP contribution in [0.25, 0.3) is 22.5 Å². The van der Waals surface area contributed by atoms with Crippen molar-refractivity contribution in [3.05, 3.63) is 84.4 Å². The lowest BCUT2D eigenvalue weighted by molar-refractivity contribution is 0.411. The van der Waals surface area contributed by atoms with Gasteiger partial charge in [0.25, 0.3) is 0 Å². The third-order valence-electron chi connectivity index (χ3n) is 4.44. The van der Waals surface area contributed by atoms with Gasteiger partial charge in [0, 0.05) is 22.4 Å². The van der Waals surface area contributed by atoms with Crippen LogP contribution in [0, 0.1) is 0 Å². The van der Waals surface area contributed by atoms with Gasteiger partial charge in [-0.15, -0.1) is 0 Å². The van der Waals surface area contributed by atoms with Gasteiger partial charge in [-0.3, -0.25) is 0 Å². The molecule has 0 atom stereocenters. The van der Waals surface area contributed by atoms with Crippen LogP contribution in [0.15, 0.2) is 84.0 Å². The van der Waals surface area contributed by atoms with Crippen molar-refractivity contribution in [1.29, 1.82) is 0 Å². The van der Waals surface area contributed by atoms with E-state index in [2.05, 4.69) is 29.2 Å². The summed E-state index contributed by atoms with van der Waals surface area (Å²) in [6, 6.07) is 25.6. The van der Waals surface area contributed by atoms with Crippen LogP contribution in [0.4, 0.5) is 0 Å². The molecule has 4 nitrogen and oxygen atoms in total. The number of aromatic amines is 1. The summed E-state index contributed by atoms with van der Waals surface area (Å²) in [5, 5.41) is 10.9. The third kappa shape index (κ3) is 3.89. The summed E-state index contributed by atoms with van der Waals surface area (Å²) in [7, 11) is 1.62. The molecule has 0 bridgehead atoms. The van der Waals surface area contributed by atoms with Gasteiger partial charge >= 0.3 is 0 Å². The SMILES string of the molecule is COc1ccc(O)c(CSc2nc(-c3ccccc3)c(-c3ccccc3)[nH]2)c1. The Morgan fingerprint density at radius 1 is 0.929 bits per heavy atom. The molecule has 5 heteroatoms. The molecule has 0 amide bonds. The second-order valence-corrected chi connectivity index (χ2v) is 7.24. The van der Waals surface area contributed by atoms with Gasteiger partial charge in [-0.25, -0.2) is 4.98 Å². The molecule has 2 N–H and O–H groups in total. The highest BCUT2D eigenvalue weighted by Gasteiger charge is 2.15. The second-order valence-electron chi connectivity index (χ2n) is 6.28. The first-order valence-electron chi connectivity index (χ1n) is 8.94. The predicted molar refractivity (Wildman–Crippen MR) is 114 cm³/mol. The van der Waals surface area contributed by atoms with Crippen LogP contribution in [0.3, 0.4) is 0 Å². The van der Waals surface area contributed by atoms with Crippen molar-refractivity contribution in [3.8, 4) is 34.0 Å². The molecule has 4 aromatic rings. The molecule has 1 aromatic heterocycles. The number of thioether (sulfide) groups is 1. The summed E-state index contributed by atoms with van der Waals surface area (Å²) < 4.78 is 5.26. The largest absolute Gasteiger partial charge is 0.508 e. The number of nitrogens with one attached hydrogen (secondary N) is 1. The fourth-order valence-electron chi connectivity index (χ4n) is 2.99. The first-order chi connectivity index (χ1) is 13.7. The molecule has 1 heterocycles. The van der Waals surface area contributed by atoms with E-state index in [1.54, 1.807) is 31.0 Å². The van der Waals surface area contributed by atoms with E-state index in [1.165, 1.54) is 0 Å². The van der Waals surface area contributed by atoms with Crippen molar-refractivity contribution in [3.63, 3.8) is 0 Å². The van der Waals surface area contributed by atoms with E-state index in [1.807, 2.05) is 42.5 Å². The zero-order valence-electron chi connectivity index (χ0n) is 15.4. The Morgan fingerprint density at radius 3 is 2.29 bits per heavy atom. The van der Waals surface area contributed by atoms with Crippen LogP contribution < -0.4 is 4.74 Å². The van der Waals surface area contributed by atoms with E-state index in [4.69, 9.17) is 9.72 Å². The topological polar surface area (TPSA) is 58.1 Å². The first kappa shape index (κ1) is 18.2. The Morgan fingerprint density at radius 2 is 1.61 bits per heavy atom. The molecule has 0 saturated heterocycles. The molecular weight excluding hydrogens is 368 g/mol. The zero-order valence-corrected chi connectivity index (χ0v) is 16.2. The predicted octanol–water partition coefficient (Wildman–Crippen LogP) is 5.75. The highest BCUT2D eigenvalue weighted by Crippen LogP contribution is 2.35. The quantitative estimate of drug-likeness (QED) is 0.413. The average molecular weight is 388 g/mol. The molecule has 0 spiro atoms. The number of H-pyrrole nitrogens is 1. The van der Waals surface area contributed by atoms with Crippen LogP contribution in [-0.2, 0) is 5.75 Å². The number of methoxy groups -OCH3 is 1. The standard InChI is InChI=1S/C23H20N2O2S/c1-27-19-12-13-20(26)18(14-19)15-28-23-24-21(16-8-4-2-5-9-16)22(25-23)17-10-6-3-7-11-17/h2-14,26H,15H2,1H3,(H,24,25).